The first kappa shape index (κ1) is 9.21. The molecule has 74 valence electrons. The number of fused-ring (bicyclic) bond motifs is 1. The SMILES string of the molecule is CCc1nc(C)c2cc(CN)ccn12. The highest BCUT2D eigenvalue weighted by molar-refractivity contribution is 5.54. The lowest BCUT2D eigenvalue weighted by Crippen LogP contribution is -1.98. The normalized spacial score (nSPS) is 11.1. The molecule has 0 aromatic carbocycles. The van der Waals surface area contributed by atoms with Crippen LogP contribution in [0.25, 0.3) is 5.52 Å². The molecule has 0 saturated heterocycles. The van der Waals surface area contributed by atoms with E-state index in [1.54, 1.807) is 0 Å². The Balaban J connectivity index is 2.70. The number of hydrogen-bond acceptors (Lipinski definition) is 2. The number of nitrogens with zero attached hydrogens (tertiary/aromatic N) is 2. The molecule has 0 bridgehead atoms. The average molecular weight is 189 g/mol. The molecule has 14 heavy (non-hydrogen) atoms. The molecule has 2 rings (SSSR count). The van der Waals surface area contributed by atoms with Crippen LogP contribution in [0.2, 0.25) is 0 Å². The molecule has 0 aliphatic heterocycles. The Morgan fingerprint density at radius 2 is 2.29 bits per heavy atom. The van der Waals surface area contributed by atoms with E-state index < -0.39 is 0 Å². The molecule has 0 atom stereocenters. The van der Waals surface area contributed by atoms with Crippen molar-refractivity contribution in [3.05, 3.63) is 35.4 Å². The Morgan fingerprint density at radius 3 is 2.93 bits per heavy atom. The van der Waals surface area contributed by atoms with Crippen LogP contribution in [0.5, 0.6) is 0 Å². The van der Waals surface area contributed by atoms with Crippen molar-refractivity contribution in [1.82, 2.24) is 9.38 Å². The van der Waals surface area contributed by atoms with Crippen molar-refractivity contribution < 1.29 is 0 Å². The molecule has 0 radical (unpaired) electrons. The van der Waals surface area contributed by atoms with E-state index in [0.29, 0.717) is 6.54 Å². The van der Waals surface area contributed by atoms with Gasteiger partial charge < -0.3 is 10.1 Å². The Morgan fingerprint density at radius 1 is 1.50 bits per heavy atom. The maximum absolute atomic E-state index is 5.60. The fourth-order valence-corrected chi connectivity index (χ4v) is 1.73. The summed E-state index contributed by atoms with van der Waals surface area (Å²) in [6, 6.07) is 4.16. The number of pyridine rings is 1. The van der Waals surface area contributed by atoms with Gasteiger partial charge in [0.1, 0.15) is 5.82 Å². The van der Waals surface area contributed by atoms with E-state index in [4.69, 9.17) is 5.73 Å². The van der Waals surface area contributed by atoms with Gasteiger partial charge in [0.05, 0.1) is 11.2 Å². The number of rotatable bonds is 2. The summed E-state index contributed by atoms with van der Waals surface area (Å²) in [5.74, 6) is 1.11. The van der Waals surface area contributed by atoms with E-state index >= 15 is 0 Å². The number of aromatic nitrogens is 2. The summed E-state index contributed by atoms with van der Waals surface area (Å²) in [5.41, 5.74) is 9.01. The smallest absolute Gasteiger partial charge is 0.113 e. The molecule has 0 spiro atoms. The van der Waals surface area contributed by atoms with Gasteiger partial charge in [0.15, 0.2) is 0 Å². The van der Waals surface area contributed by atoms with Crippen molar-refractivity contribution in [3.63, 3.8) is 0 Å². The molecule has 2 aromatic heterocycles. The van der Waals surface area contributed by atoms with E-state index in [-0.39, 0.29) is 0 Å². The molecule has 2 N–H and O–H groups in total. The van der Waals surface area contributed by atoms with Crippen molar-refractivity contribution in [2.24, 2.45) is 5.73 Å². The number of imidazole rings is 1. The van der Waals surface area contributed by atoms with Gasteiger partial charge in [0, 0.05) is 19.2 Å². The first-order valence-corrected chi connectivity index (χ1v) is 4.92. The van der Waals surface area contributed by atoms with Crippen molar-refractivity contribution in [2.45, 2.75) is 26.8 Å². The van der Waals surface area contributed by atoms with Crippen LogP contribution < -0.4 is 5.73 Å². The lowest BCUT2D eigenvalue weighted by Gasteiger charge is -2.00. The molecule has 3 heteroatoms. The number of nitrogens with two attached hydrogens (primary N) is 1. The molecule has 0 fully saturated rings. The van der Waals surface area contributed by atoms with Crippen molar-refractivity contribution in [3.8, 4) is 0 Å². The summed E-state index contributed by atoms with van der Waals surface area (Å²) in [6.45, 7) is 4.74. The number of aryl methyl sites for hydroxylation is 2. The first-order chi connectivity index (χ1) is 6.76. The second kappa shape index (κ2) is 3.42. The molecular weight excluding hydrogens is 174 g/mol. The molecule has 0 aliphatic rings. The van der Waals surface area contributed by atoms with Gasteiger partial charge in [-0.05, 0) is 24.6 Å². The van der Waals surface area contributed by atoms with Crippen LogP contribution >= 0.6 is 0 Å². The van der Waals surface area contributed by atoms with Gasteiger partial charge in [0.2, 0.25) is 0 Å². The zero-order chi connectivity index (χ0) is 10.1. The lowest BCUT2D eigenvalue weighted by atomic mass is 10.2. The van der Waals surface area contributed by atoms with Gasteiger partial charge >= 0.3 is 0 Å². The summed E-state index contributed by atoms with van der Waals surface area (Å²) in [4.78, 5) is 4.51. The maximum atomic E-state index is 5.60. The van der Waals surface area contributed by atoms with Crippen molar-refractivity contribution in [2.75, 3.05) is 0 Å². The largest absolute Gasteiger partial charge is 0.326 e. The van der Waals surface area contributed by atoms with Gasteiger partial charge in [-0.3, -0.25) is 0 Å². The second-order valence-corrected chi connectivity index (χ2v) is 3.46. The minimum absolute atomic E-state index is 0.586. The minimum Gasteiger partial charge on any atom is -0.326 e. The third kappa shape index (κ3) is 1.30. The Labute approximate surface area is 83.6 Å². The summed E-state index contributed by atoms with van der Waals surface area (Å²) in [5, 5.41) is 0. The van der Waals surface area contributed by atoms with Gasteiger partial charge in [0.25, 0.3) is 0 Å². The number of hydrogen-bond donors (Lipinski definition) is 1. The maximum Gasteiger partial charge on any atom is 0.113 e. The Kier molecular flexibility index (Phi) is 2.25. The molecule has 0 aliphatic carbocycles. The highest BCUT2D eigenvalue weighted by Crippen LogP contribution is 2.14. The van der Waals surface area contributed by atoms with Gasteiger partial charge in [-0.15, -0.1) is 0 Å². The van der Waals surface area contributed by atoms with Crippen LogP contribution in [0.4, 0.5) is 0 Å². The average Bonchev–Trinajstić information content (AvgIpc) is 2.55. The zero-order valence-electron chi connectivity index (χ0n) is 8.62. The third-order valence-electron chi connectivity index (χ3n) is 2.52. The molecule has 2 aromatic rings. The lowest BCUT2D eigenvalue weighted by molar-refractivity contribution is 0.924. The molecule has 0 amide bonds. The van der Waals surface area contributed by atoms with Gasteiger partial charge in [-0.1, -0.05) is 6.92 Å². The van der Waals surface area contributed by atoms with E-state index in [9.17, 15) is 0 Å². The second-order valence-electron chi connectivity index (χ2n) is 3.46. The molecule has 0 unspecified atom stereocenters. The zero-order valence-corrected chi connectivity index (χ0v) is 8.62. The minimum atomic E-state index is 0.586. The van der Waals surface area contributed by atoms with E-state index in [0.717, 1.165) is 23.5 Å². The predicted molar refractivity (Wildman–Crippen MR) is 57.2 cm³/mol. The van der Waals surface area contributed by atoms with Crippen LogP contribution in [-0.2, 0) is 13.0 Å². The quantitative estimate of drug-likeness (QED) is 0.780. The summed E-state index contributed by atoms with van der Waals surface area (Å²) >= 11 is 0. The molecule has 0 saturated carbocycles. The van der Waals surface area contributed by atoms with Crippen LogP contribution in [0.15, 0.2) is 18.3 Å². The molecular formula is C11H15N3. The standard InChI is InChI=1S/C11H15N3/c1-3-11-13-8(2)10-6-9(7-12)4-5-14(10)11/h4-6H,3,7,12H2,1-2H3. The van der Waals surface area contributed by atoms with Crippen LogP contribution in [0.3, 0.4) is 0 Å². The highest BCUT2D eigenvalue weighted by Gasteiger charge is 2.05. The monoisotopic (exact) mass is 189 g/mol. The van der Waals surface area contributed by atoms with Crippen LogP contribution in [0, 0.1) is 6.92 Å². The van der Waals surface area contributed by atoms with E-state index in [1.165, 1.54) is 5.52 Å². The van der Waals surface area contributed by atoms with Crippen molar-refractivity contribution >= 4 is 5.52 Å². The van der Waals surface area contributed by atoms with Gasteiger partial charge in [-0.2, -0.15) is 0 Å². The van der Waals surface area contributed by atoms with E-state index in [2.05, 4.69) is 28.6 Å². The molecule has 3 nitrogen and oxygen atoms in total. The topological polar surface area (TPSA) is 43.3 Å². The fourth-order valence-electron chi connectivity index (χ4n) is 1.73. The summed E-state index contributed by atoms with van der Waals surface area (Å²) in [6.07, 6.45) is 3.01. The van der Waals surface area contributed by atoms with Crippen molar-refractivity contribution in [1.29, 1.82) is 0 Å². The van der Waals surface area contributed by atoms with Crippen LogP contribution in [-0.4, -0.2) is 9.38 Å². The van der Waals surface area contributed by atoms with Crippen LogP contribution in [0.1, 0.15) is 24.0 Å². The summed E-state index contributed by atoms with van der Waals surface area (Å²) in [7, 11) is 0. The first-order valence-electron chi connectivity index (χ1n) is 4.92. The highest BCUT2D eigenvalue weighted by atomic mass is 15.0. The summed E-state index contributed by atoms with van der Waals surface area (Å²) < 4.78 is 2.13. The van der Waals surface area contributed by atoms with E-state index in [1.807, 2.05) is 13.0 Å². The Bertz CT molecular complexity index is 457. The van der Waals surface area contributed by atoms with Gasteiger partial charge in [-0.25, -0.2) is 4.98 Å². The third-order valence-corrected chi connectivity index (χ3v) is 2.52. The fraction of sp³-hybridized carbons (Fsp3) is 0.364. The predicted octanol–water partition coefficient (Wildman–Crippen LogP) is 1.66. The Hall–Kier alpha value is -1.35. The molecule has 2 heterocycles.